The Morgan fingerprint density at radius 2 is 1.72 bits per heavy atom. The fourth-order valence-electron chi connectivity index (χ4n) is 5.08. The molecule has 6 heteroatoms. The summed E-state index contributed by atoms with van der Waals surface area (Å²) in [7, 11) is 0. The van der Waals surface area contributed by atoms with E-state index in [9.17, 15) is 0 Å². The van der Waals surface area contributed by atoms with Gasteiger partial charge >= 0.3 is 0 Å². The molecule has 0 fully saturated rings. The summed E-state index contributed by atoms with van der Waals surface area (Å²) in [6, 6.07) is 28.3. The van der Waals surface area contributed by atoms with E-state index < -0.39 is 13.7 Å². The molecule has 8 rings (SSSR count). The predicted octanol–water partition coefficient (Wildman–Crippen LogP) is 11.2. The molecule has 8 aromatic rings. The zero-order valence-electron chi connectivity index (χ0n) is 35.6. The van der Waals surface area contributed by atoms with Gasteiger partial charge in [0.2, 0.25) is 0 Å². The number of furan rings is 1. The number of nitrogens with zero attached hydrogens (tertiary/aromatic N) is 3. The summed E-state index contributed by atoms with van der Waals surface area (Å²) in [6.07, 6.45) is 1.01. The molecule has 4 nitrogen and oxygen atoms in total. The fourth-order valence-corrected chi connectivity index (χ4v) is 6.10. The first-order chi connectivity index (χ1) is 26.3. The number of benzene rings is 4. The van der Waals surface area contributed by atoms with E-state index in [1.54, 1.807) is 29.5 Å². The second-order valence-corrected chi connectivity index (χ2v) is 12.7. The van der Waals surface area contributed by atoms with Gasteiger partial charge in [0.05, 0.1) is 20.8 Å². The van der Waals surface area contributed by atoms with E-state index in [1.807, 2.05) is 48.5 Å². The molecule has 0 saturated carbocycles. The maximum atomic E-state index is 8.26. The van der Waals surface area contributed by atoms with Gasteiger partial charge in [-0.3, -0.25) is 0 Å². The van der Waals surface area contributed by atoms with Crippen LogP contribution in [0.4, 0.5) is 0 Å². The Labute approximate surface area is 307 Å². The van der Waals surface area contributed by atoms with Crippen LogP contribution in [0.3, 0.4) is 0 Å². The Kier molecular flexibility index (Phi) is 6.28. The topological polar surface area (TPSA) is 51.8 Å². The van der Waals surface area contributed by atoms with Crippen LogP contribution in [-0.2, 0) is 25.5 Å². The van der Waals surface area contributed by atoms with Crippen molar-refractivity contribution < 1.29 is 38.2 Å². The van der Waals surface area contributed by atoms with E-state index in [2.05, 4.69) is 42.9 Å². The van der Waals surface area contributed by atoms with Crippen molar-refractivity contribution in [2.75, 3.05) is 0 Å². The molecular formula is C41H33IrN3OS-2. The molecule has 4 aromatic heterocycles. The smallest absolute Gasteiger partial charge is 0.148 e. The second-order valence-electron chi connectivity index (χ2n) is 11.7. The van der Waals surface area contributed by atoms with Gasteiger partial charge in [0.25, 0.3) is 0 Å². The molecule has 0 unspecified atom stereocenters. The van der Waals surface area contributed by atoms with E-state index in [0.29, 0.717) is 33.6 Å². The minimum atomic E-state index is -2.29. The summed E-state index contributed by atoms with van der Waals surface area (Å²) in [4.78, 5) is 13.2. The largest absolute Gasteiger partial charge is 0.498 e. The summed E-state index contributed by atoms with van der Waals surface area (Å²) in [5.74, 6) is 0. The van der Waals surface area contributed by atoms with Crippen LogP contribution in [0.15, 0.2) is 114 Å². The van der Waals surface area contributed by atoms with E-state index in [0.717, 1.165) is 31.6 Å². The standard InChI is InChI=1S/C22H17N2OS.C19H16N.Ir/c1-22(2,3)21-24-18-17(26-21)11-10-14-13-7-6-8-15(19(13)25-20(14)18)16-9-4-5-12-23-16;1-14-8-10-17(11-9-14)19-12-18(15(2)13-20-19)16-6-4-3-5-7-16;/h4-7,9-12H,1-3H3;3-10,12-13H,1-2H3;/q2*-1;/i4D,5D,9D,12D;1D3,2D3;. The van der Waals surface area contributed by atoms with Crippen molar-refractivity contribution in [3.05, 3.63) is 138 Å². The molecule has 0 aliphatic carbocycles. The minimum Gasteiger partial charge on any atom is -0.498 e. The molecular weight excluding hydrogens is 775 g/mol. The summed E-state index contributed by atoms with van der Waals surface area (Å²) in [5.41, 5.74) is 5.27. The van der Waals surface area contributed by atoms with Crippen LogP contribution in [0.25, 0.3) is 65.8 Å². The van der Waals surface area contributed by atoms with Crippen molar-refractivity contribution in [3.8, 4) is 33.6 Å². The first-order valence-electron chi connectivity index (χ1n) is 19.5. The zero-order valence-corrected chi connectivity index (χ0v) is 28.8. The molecule has 0 atom stereocenters. The van der Waals surface area contributed by atoms with Gasteiger partial charge in [-0.25, -0.2) is 4.98 Å². The SMILES string of the molecule is [2H]C([2H])([2H])c1c[c-]c(-c2cc(-c3ccccc3)c(C([2H])([2H])[2H])cn2)cc1.[2H]c1nc(-c2[c-]ccc3c2oc2c3ccc3sc(C(C)(C)C)nc32)c([2H])c([2H])c1[2H].[Ir]. The molecule has 0 saturated heterocycles. The maximum absolute atomic E-state index is 8.26. The molecule has 0 aliphatic heterocycles. The quantitative estimate of drug-likeness (QED) is 0.167. The van der Waals surface area contributed by atoms with Crippen molar-refractivity contribution in [2.24, 2.45) is 0 Å². The van der Waals surface area contributed by atoms with E-state index in [4.69, 9.17) is 23.1 Å². The molecule has 0 N–H and O–H groups in total. The Balaban J connectivity index is 0.000000192. The third kappa shape index (κ3) is 6.55. The first-order valence-corrected chi connectivity index (χ1v) is 15.3. The number of rotatable bonds is 3. The second kappa shape index (κ2) is 13.3. The number of thiazole rings is 1. The number of aromatic nitrogens is 3. The molecule has 0 bridgehead atoms. The van der Waals surface area contributed by atoms with Crippen molar-refractivity contribution in [1.29, 1.82) is 0 Å². The van der Waals surface area contributed by atoms with Crippen molar-refractivity contribution >= 4 is 43.5 Å². The molecule has 0 spiro atoms. The predicted molar refractivity (Wildman–Crippen MR) is 191 cm³/mol. The Morgan fingerprint density at radius 3 is 2.49 bits per heavy atom. The number of fused-ring (bicyclic) bond motifs is 5. The van der Waals surface area contributed by atoms with Crippen LogP contribution >= 0.6 is 11.3 Å². The van der Waals surface area contributed by atoms with Crippen LogP contribution in [-0.4, -0.2) is 15.0 Å². The van der Waals surface area contributed by atoms with Gasteiger partial charge in [0, 0.05) is 51.5 Å². The third-order valence-electron chi connectivity index (χ3n) is 7.38. The van der Waals surface area contributed by atoms with Crippen molar-refractivity contribution in [3.63, 3.8) is 0 Å². The molecule has 235 valence electrons. The average molecular weight is 818 g/mol. The Hall–Kier alpha value is -4.48. The normalized spacial score (nSPS) is 15.0. The van der Waals surface area contributed by atoms with Crippen LogP contribution in [0.1, 0.15) is 50.6 Å². The number of hydrogen-bond donors (Lipinski definition) is 0. The molecule has 4 aromatic carbocycles. The van der Waals surface area contributed by atoms with E-state index in [-0.39, 0.29) is 66.6 Å². The van der Waals surface area contributed by atoms with Gasteiger partial charge in [-0.15, -0.1) is 64.9 Å². The number of pyridine rings is 2. The van der Waals surface area contributed by atoms with E-state index in [1.165, 1.54) is 18.3 Å². The summed E-state index contributed by atoms with van der Waals surface area (Å²) in [6.45, 7) is 1.90. The van der Waals surface area contributed by atoms with Crippen LogP contribution in [0.2, 0.25) is 0 Å². The molecule has 4 heterocycles. The van der Waals surface area contributed by atoms with Crippen LogP contribution in [0, 0.1) is 25.8 Å². The average Bonchev–Trinajstić information content (AvgIpc) is 3.78. The number of hydrogen-bond acceptors (Lipinski definition) is 5. The fraction of sp³-hybridized carbons (Fsp3) is 0.146. The van der Waals surface area contributed by atoms with Gasteiger partial charge in [-0.2, -0.15) is 0 Å². The maximum Gasteiger partial charge on any atom is 0.148 e. The van der Waals surface area contributed by atoms with Crippen molar-refractivity contribution in [2.45, 2.75) is 39.9 Å². The Morgan fingerprint density at radius 1 is 0.872 bits per heavy atom. The van der Waals surface area contributed by atoms with Gasteiger partial charge in [0.1, 0.15) is 11.1 Å². The first kappa shape index (κ1) is 22.2. The molecule has 47 heavy (non-hydrogen) atoms. The van der Waals surface area contributed by atoms with Gasteiger partial charge in [-0.05, 0) is 47.0 Å². The van der Waals surface area contributed by atoms with Gasteiger partial charge < -0.3 is 14.4 Å². The Bertz CT molecular complexity index is 2760. The molecule has 0 aliphatic rings. The zero-order chi connectivity index (χ0) is 40.3. The number of aryl methyl sites for hydroxylation is 2. The van der Waals surface area contributed by atoms with E-state index >= 15 is 0 Å². The summed E-state index contributed by atoms with van der Waals surface area (Å²) >= 11 is 1.65. The van der Waals surface area contributed by atoms with Crippen LogP contribution < -0.4 is 0 Å². The molecule has 1 radical (unpaired) electrons. The summed E-state index contributed by atoms with van der Waals surface area (Å²) in [5, 5.41) is 2.76. The van der Waals surface area contributed by atoms with Crippen molar-refractivity contribution in [1.82, 2.24) is 15.0 Å². The van der Waals surface area contributed by atoms with Crippen LogP contribution in [0.5, 0.6) is 0 Å². The van der Waals surface area contributed by atoms with Gasteiger partial charge in [0.15, 0.2) is 0 Å². The summed E-state index contributed by atoms with van der Waals surface area (Å²) < 4.78 is 84.7. The molecule has 0 amide bonds. The third-order valence-corrected chi connectivity index (χ3v) is 8.83. The minimum absolute atomic E-state index is 0. The van der Waals surface area contributed by atoms with Gasteiger partial charge in [-0.1, -0.05) is 93.1 Å². The monoisotopic (exact) mass is 818 g/mol.